The number of ether oxygens (including phenoxy) is 1. The summed E-state index contributed by atoms with van der Waals surface area (Å²) < 4.78 is 5.71. The Kier molecular flexibility index (Phi) is 7.11. The average molecular weight is 381 g/mol. The van der Waals surface area contributed by atoms with Crippen molar-refractivity contribution in [2.45, 2.75) is 57.8 Å². The highest BCUT2D eigenvalue weighted by atomic mass is 16.5. The van der Waals surface area contributed by atoms with Gasteiger partial charge in [0.15, 0.2) is 0 Å². The van der Waals surface area contributed by atoms with Crippen LogP contribution in [0.4, 0.5) is 0 Å². The van der Waals surface area contributed by atoms with Crippen molar-refractivity contribution in [2.75, 3.05) is 52.9 Å². The van der Waals surface area contributed by atoms with Crippen LogP contribution in [0.1, 0.15) is 39.5 Å². The molecule has 2 unspecified atom stereocenters. The van der Waals surface area contributed by atoms with Gasteiger partial charge in [0, 0.05) is 38.1 Å². The van der Waals surface area contributed by atoms with E-state index < -0.39 is 0 Å². The minimum atomic E-state index is 0.109. The molecule has 3 heterocycles. The van der Waals surface area contributed by atoms with Gasteiger partial charge in [-0.05, 0) is 59.7 Å². The van der Waals surface area contributed by atoms with E-state index in [1.807, 2.05) is 18.7 Å². The van der Waals surface area contributed by atoms with Crippen LogP contribution in [0.15, 0.2) is 0 Å². The monoisotopic (exact) mass is 380 g/mol. The van der Waals surface area contributed by atoms with Gasteiger partial charge in [-0.2, -0.15) is 0 Å². The quantitative estimate of drug-likeness (QED) is 0.771. The first kappa shape index (κ1) is 20.6. The lowest BCUT2D eigenvalue weighted by Gasteiger charge is -2.38. The third kappa shape index (κ3) is 5.90. The van der Waals surface area contributed by atoms with E-state index in [9.17, 15) is 9.59 Å². The number of carbonyl (C=O) groups is 2. The molecule has 27 heavy (non-hydrogen) atoms. The van der Waals surface area contributed by atoms with Crippen molar-refractivity contribution in [3.05, 3.63) is 0 Å². The van der Waals surface area contributed by atoms with Crippen LogP contribution in [-0.2, 0) is 14.3 Å². The summed E-state index contributed by atoms with van der Waals surface area (Å²) in [6, 6.07) is 0.256. The summed E-state index contributed by atoms with van der Waals surface area (Å²) in [5.41, 5.74) is 0. The molecule has 3 aliphatic heterocycles. The van der Waals surface area contributed by atoms with Crippen LogP contribution in [0.2, 0.25) is 0 Å². The van der Waals surface area contributed by atoms with Crippen molar-refractivity contribution >= 4 is 11.8 Å². The highest BCUT2D eigenvalue weighted by Crippen LogP contribution is 2.18. The molecule has 0 bridgehead atoms. The maximum atomic E-state index is 12.6. The largest absolute Gasteiger partial charge is 0.372 e. The third-order valence-corrected chi connectivity index (χ3v) is 6.15. The van der Waals surface area contributed by atoms with E-state index in [1.165, 1.54) is 0 Å². The molecule has 0 radical (unpaired) electrons. The van der Waals surface area contributed by atoms with Gasteiger partial charge < -0.3 is 19.9 Å². The Labute approximate surface area is 163 Å². The number of morpholine rings is 1. The van der Waals surface area contributed by atoms with E-state index in [0.717, 1.165) is 51.9 Å². The molecule has 3 aliphatic rings. The molecule has 0 spiro atoms. The molecular formula is C20H36N4O3. The summed E-state index contributed by atoms with van der Waals surface area (Å²) in [7, 11) is 2.11. The van der Waals surface area contributed by atoms with Crippen LogP contribution < -0.4 is 5.32 Å². The molecule has 7 heteroatoms. The number of hydrogen-bond acceptors (Lipinski definition) is 5. The van der Waals surface area contributed by atoms with Crippen LogP contribution in [0.5, 0.6) is 0 Å². The summed E-state index contributed by atoms with van der Waals surface area (Å²) in [6.07, 6.45) is 4.01. The number of hydrogen-bond donors (Lipinski definition) is 1. The molecule has 154 valence electrons. The molecule has 2 amide bonds. The zero-order valence-electron chi connectivity index (χ0n) is 17.2. The average Bonchev–Trinajstić information content (AvgIpc) is 2.63. The SMILES string of the molecule is CC1CN(C(=O)CN2CCC(NC(=O)C3CCN(C)CC3)CC2)CC(C)O1. The zero-order chi connectivity index (χ0) is 19.4. The molecule has 0 aromatic rings. The molecule has 3 saturated heterocycles. The van der Waals surface area contributed by atoms with Gasteiger partial charge in [0.1, 0.15) is 0 Å². The molecule has 1 N–H and O–H groups in total. The molecular weight excluding hydrogens is 344 g/mol. The highest BCUT2D eigenvalue weighted by molar-refractivity contribution is 5.79. The lowest BCUT2D eigenvalue weighted by atomic mass is 9.95. The number of carbonyl (C=O) groups excluding carboxylic acids is 2. The normalized spacial score (nSPS) is 29.7. The van der Waals surface area contributed by atoms with Crippen LogP contribution >= 0.6 is 0 Å². The molecule has 0 saturated carbocycles. The highest BCUT2D eigenvalue weighted by Gasteiger charge is 2.30. The Balaban J connectivity index is 1.37. The predicted molar refractivity (Wildman–Crippen MR) is 104 cm³/mol. The Bertz CT molecular complexity index is 503. The first-order valence-corrected chi connectivity index (χ1v) is 10.5. The molecule has 3 fully saturated rings. The molecule has 2 atom stereocenters. The second-order valence-corrected chi connectivity index (χ2v) is 8.69. The van der Waals surface area contributed by atoms with E-state index in [4.69, 9.17) is 4.74 Å². The van der Waals surface area contributed by atoms with Crippen molar-refractivity contribution in [3.8, 4) is 0 Å². The first-order chi connectivity index (χ1) is 12.9. The second-order valence-electron chi connectivity index (χ2n) is 8.69. The van der Waals surface area contributed by atoms with Gasteiger partial charge in [-0.1, -0.05) is 0 Å². The third-order valence-electron chi connectivity index (χ3n) is 6.15. The zero-order valence-corrected chi connectivity index (χ0v) is 17.2. The first-order valence-electron chi connectivity index (χ1n) is 10.5. The predicted octanol–water partition coefficient (Wildman–Crippen LogP) is 0.545. The number of piperidine rings is 2. The summed E-state index contributed by atoms with van der Waals surface area (Å²) in [5, 5.41) is 3.26. The Hall–Kier alpha value is -1.18. The smallest absolute Gasteiger partial charge is 0.236 e. The molecule has 0 aliphatic carbocycles. The van der Waals surface area contributed by atoms with Crippen molar-refractivity contribution in [1.29, 1.82) is 0 Å². The molecule has 0 aromatic carbocycles. The number of likely N-dealkylation sites (tertiary alicyclic amines) is 2. The van der Waals surface area contributed by atoms with Crippen LogP contribution in [0, 0.1) is 5.92 Å². The Morgan fingerprint density at radius 3 is 2.15 bits per heavy atom. The molecule has 0 aromatic heterocycles. The summed E-state index contributed by atoms with van der Waals surface area (Å²) in [4.78, 5) is 31.5. The van der Waals surface area contributed by atoms with Crippen molar-refractivity contribution in [1.82, 2.24) is 20.0 Å². The maximum Gasteiger partial charge on any atom is 0.236 e. The van der Waals surface area contributed by atoms with E-state index >= 15 is 0 Å². The van der Waals surface area contributed by atoms with Crippen molar-refractivity contribution in [3.63, 3.8) is 0 Å². The van der Waals surface area contributed by atoms with Gasteiger partial charge in [0.05, 0.1) is 18.8 Å². The van der Waals surface area contributed by atoms with Crippen molar-refractivity contribution < 1.29 is 14.3 Å². The fraction of sp³-hybridized carbons (Fsp3) is 0.900. The Morgan fingerprint density at radius 1 is 0.963 bits per heavy atom. The second kappa shape index (κ2) is 9.34. The standard InChI is InChI=1S/C20H36N4O3/c1-15-12-24(13-16(2)27-15)19(25)14-23-10-6-18(7-11-23)21-20(26)17-4-8-22(3)9-5-17/h15-18H,4-14H2,1-3H3,(H,21,26). The maximum absolute atomic E-state index is 12.6. The lowest BCUT2D eigenvalue weighted by molar-refractivity contribution is -0.144. The number of amides is 2. The summed E-state index contributed by atoms with van der Waals surface area (Å²) in [6.45, 7) is 9.67. The topological polar surface area (TPSA) is 65.1 Å². The van der Waals surface area contributed by atoms with Gasteiger partial charge >= 0.3 is 0 Å². The minimum absolute atomic E-state index is 0.109. The van der Waals surface area contributed by atoms with Gasteiger partial charge in [-0.15, -0.1) is 0 Å². The number of rotatable bonds is 4. The van der Waals surface area contributed by atoms with Gasteiger partial charge in [0.25, 0.3) is 0 Å². The Morgan fingerprint density at radius 2 is 1.56 bits per heavy atom. The van der Waals surface area contributed by atoms with Gasteiger partial charge in [0.2, 0.25) is 11.8 Å². The molecule has 3 rings (SSSR count). The van der Waals surface area contributed by atoms with Crippen LogP contribution in [0.25, 0.3) is 0 Å². The van der Waals surface area contributed by atoms with E-state index in [1.54, 1.807) is 0 Å². The lowest BCUT2D eigenvalue weighted by Crippen LogP contribution is -2.53. The van der Waals surface area contributed by atoms with E-state index in [-0.39, 0.29) is 36.0 Å². The van der Waals surface area contributed by atoms with Crippen molar-refractivity contribution in [2.24, 2.45) is 5.92 Å². The van der Waals surface area contributed by atoms with Crippen LogP contribution in [-0.4, -0.2) is 97.6 Å². The summed E-state index contributed by atoms with van der Waals surface area (Å²) >= 11 is 0. The van der Waals surface area contributed by atoms with Gasteiger partial charge in [-0.25, -0.2) is 0 Å². The number of nitrogens with zero attached hydrogens (tertiary/aromatic N) is 3. The summed E-state index contributed by atoms with van der Waals surface area (Å²) in [5.74, 6) is 0.603. The fourth-order valence-electron chi connectivity index (χ4n) is 4.50. The van der Waals surface area contributed by atoms with Gasteiger partial charge in [-0.3, -0.25) is 14.5 Å². The molecule has 7 nitrogen and oxygen atoms in total. The number of nitrogens with one attached hydrogen (secondary N) is 1. The van der Waals surface area contributed by atoms with E-state index in [2.05, 4.69) is 22.2 Å². The van der Waals surface area contributed by atoms with Crippen LogP contribution in [0.3, 0.4) is 0 Å². The van der Waals surface area contributed by atoms with E-state index in [0.29, 0.717) is 19.6 Å². The fourth-order valence-corrected chi connectivity index (χ4v) is 4.50. The minimum Gasteiger partial charge on any atom is -0.372 e.